The molecule has 0 aliphatic rings. The fourth-order valence-corrected chi connectivity index (χ4v) is 1.33. The van der Waals surface area contributed by atoms with Crippen molar-refractivity contribution in [3.05, 3.63) is 18.7 Å². The van der Waals surface area contributed by atoms with Crippen LogP contribution in [-0.4, -0.2) is 9.55 Å². The molecule has 1 heterocycles. The molecule has 1 aromatic heterocycles. The lowest BCUT2D eigenvalue weighted by Gasteiger charge is -2.14. The van der Waals surface area contributed by atoms with E-state index in [1.54, 1.807) is 0 Å². The summed E-state index contributed by atoms with van der Waals surface area (Å²) in [6.45, 7) is 4.42. The largest absolute Gasteiger partial charge is 0.334 e. The Labute approximate surface area is 68.3 Å². The Morgan fingerprint density at radius 1 is 1.55 bits per heavy atom. The molecule has 0 amide bonds. The smallest absolute Gasteiger partial charge is 0.108 e. The first kappa shape index (κ1) is 8.31. The van der Waals surface area contributed by atoms with E-state index in [0.29, 0.717) is 6.04 Å². The summed E-state index contributed by atoms with van der Waals surface area (Å²) in [6, 6.07) is 0.624. The van der Waals surface area contributed by atoms with Gasteiger partial charge < -0.3 is 4.57 Å². The lowest BCUT2D eigenvalue weighted by atomic mass is 10.1. The topological polar surface area (TPSA) is 17.8 Å². The van der Waals surface area contributed by atoms with Gasteiger partial charge in [0.25, 0.3) is 0 Å². The summed E-state index contributed by atoms with van der Waals surface area (Å²) >= 11 is 0. The molecule has 1 radical (unpaired) electrons. The summed E-state index contributed by atoms with van der Waals surface area (Å²) in [4.78, 5) is 3.91. The maximum absolute atomic E-state index is 3.91. The van der Waals surface area contributed by atoms with Gasteiger partial charge in [0.15, 0.2) is 0 Å². The van der Waals surface area contributed by atoms with E-state index in [4.69, 9.17) is 0 Å². The van der Waals surface area contributed by atoms with Gasteiger partial charge in [-0.25, -0.2) is 4.98 Å². The maximum Gasteiger partial charge on any atom is 0.108 e. The maximum atomic E-state index is 3.91. The first-order valence-corrected chi connectivity index (χ1v) is 4.28. The Kier molecular flexibility index (Phi) is 3.14. The quantitative estimate of drug-likeness (QED) is 0.646. The van der Waals surface area contributed by atoms with Crippen LogP contribution in [0.1, 0.15) is 39.2 Å². The fraction of sp³-hybridized carbons (Fsp3) is 0.667. The van der Waals surface area contributed by atoms with Crippen LogP contribution in [0.4, 0.5) is 0 Å². The molecular weight excluding hydrogens is 136 g/mol. The van der Waals surface area contributed by atoms with Gasteiger partial charge in [0, 0.05) is 12.2 Å². The van der Waals surface area contributed by atoms with Gasteiger partial charge in [-0.15, -0.1) is 0 Å². The van der Waals surface area contributed by atoms with Crippen LogP contribution in [0.2, 0.25) is 0 Å². The molecule has 1 aromatic rings. The highest BCUT2D eigenvalue weighted by Gasteiger charge is 2.04. The van der Waals surface area contributed by atoms with Crippen molar-refractivity contribution in [2.24, 2.45) is 0 Å². The Morgan fingerprint density at radius 3 is 2.82 bits per heavy atom. The molecule has 0 saturated heterocycles. The van der Waals surface area contributed by atoms with Crippen molar-refractivity contribution in [3.63, 3.8) is 0 Å². The zero-order chi connectivity index (χ0) is 8.10. The lowest BCUT2D eigenvalue weighted by Crippen LogP contribution is -2.04. The number of imidazole rings is 1. The Hall–Kier alpha value is -0.790. The first-order valence-electron chi connectivity index (χ1n) is 4.28. The van der Waals surface area contributed by atoms with Crippen molar-refractivity contribution < 1.29 is 0 Å². The fourth-order valence-electron chi connectivity index (χ4n) is 1.33. The van der Waals surface area contributed by atoms with Crippen molar-refractivity contribution in [1.82, 2.24) is 9.55 Å². The molecule has 11 heavy (non-hydrogen) atoms. The predicted octanol–water partition coefficient (Wildman–Crippen LogP) is 2.43. The molecule has 0 aliphatic carbocycles. The van der Waals surface area contributed by atoms with E-state index in [9.17, 15) is 0 Å². The van der Waals surface area contributed by atoms with Crippen LogP contribution in [0.3, 0.4) is 0 Å². The van der Waals surface area contributed by atoms with E-state index in [-0.39, 0.29) is 0 Å². The molecule has 2 heteroatoms. The zero-order valence-corrected chi connectivity index (χ0v) is 7.25. The third kappa shape index (κ3) is 2.07. The van der Waals surface area contributed by atoms with Gasteiger partial charge in [-0.1, -0.05) is 20.3 Å². The average Bonchev–Trinajstić information content (AvgIpc) is 2.52. The minimum Gasteiger partial charge on any atom is -0.334 e. The second-order valence-electron chi connectivity index (χ2n) is 2.80. The number of hydrogen-bond acceptors (Lipinski definition) is 1. The molecule has 0 N–H and O–H groups in total. The monoisotopic (exact) mass is 151 g/mol. The predicted molar refractivity (Wildman–Crippen MR) is 45.3 cm³/mol. The van der Waals surface area contributed by atoms with Gasteiger partial charge in [0.2, 0.25) is 0 Å². The molecule has 0 bridgehead atoms. The SMILES string of the molecule is CCCC(CC)n1c[c]nc1. The molecule has 61 valence electrons. The number of rotatable bonds is 4. The highest BCUT2D eigenvalue weighted by atomic mass is 15.0. The van der Waals surface area contributed by atoms with Gasteiger partial charge in [-0.2, -0.15) is 0 Å². The van der Waals surface area contributed by atoms with E-state index in [1.807, 2.05) is 12.5 Å². The van der Waals surface area contributed by atoms with Crippen LogP contribution in [0, 0.1) is 6.20 Å². The normalized spacial score (nSPS) is 13.3. The van der Waals surface area contributed by atoms with E-state index in [1.165, 1.54) is 19.3 Å². The Morgan fingerprint density at radius 2 is 2.36 bits per heavy atom. The molecule has 0 spiro atoms. The molecule has 1 rings (SSSR count). The Balaban J connectivity index is 2.56. The van der Waals surface area contributed by atoms with Gasteiger partial charge in [-0.3, -0.25) is 0 Å². The van der Waals surface area contributed by atoms with Crippen LogP contribution in [-0.2, 0) is 0 Å². The minimum absolute atomic E-state index is 0.624. The van der Waals surface area contributed by atoms with Gasteiger partial charge in [0.1, 0.15) is 6.20 Å². The molecule has 0 saturated carbocycles. The molecule has 2 nitrogen and oxygen atoms in total. The van der Waals surface area contributed by atoms with Gasteiger partial charge >= 0.3 is 0 Å². The second kappa shape index (κ2) is 4.16. The van der Waals surface area contributed by atoms with Gasteiger partial charge in [0.05, 0.1) is 6.33 Å². The van der Waals surface area contributed by atoms with Crippen molar-refractivity contribution in [1.29, 1.82) is 0 Å². The van der Waals surface area contributed by atoms with Crippen molar-refractivity contribution >= 4 is 0 Å². The van der Waals surface area contributed by atoms with Crippen molar-refractivity contribution in [2.75, 3.05) is 0 Å². The first-order chi connectivity index (χ1) is 5.38. The minimum atomic E-state index is 0.624. The van der Waals surface area contributed by atoms with Crippen molar-refractivity contribution in [2.45, 2.75) is 39.2 Å². The standard InChI is InChI=1S/C9H15N2/c1-3-5-9(4-2)11-7-6-10-8-11/h7-9H,3-5H2,1-2H3. The molecule has 0 aromatic carbocycles. The highest BCUT2D eigenvalue weighted by molar-refractivity contribution is 4.77. The van der Waals surface area contributed by atoms with E-state index < -0.39 is 0 Å². The van der Waals surface area contributed by atoms with E-state index >= 15 is 0 Å². The summed E-state index contributed by atoms with van der Waals surface area (Å²) in [5, 5.41) is 0. The molecule has 0 fully saturated rings. The van der Waals surface area contributed by atoms with Crippen LogP contribution in [0.5, 0.6) is 0 Å². The van der Waals surface area contributed by atoms with Gasteiger partial charge in [-0.05, 0) is 12.8 Å². The average molecular weight is 151 g/mol. The van der Waals surface area contributed by atoms with Crippen LogP contribution < -0.4 is 0 Å². The third-order valence-corrected chi connectivity index (χ3v) is 1.99. The van der Waals surface area contributed by atoms with Crippen LogP contribution in [0.15, 0.2) is 12.5 Å². The highest BCUT2D eigenvalue weighted by Crippen LogP contribution is 2.16. The van der Waals surface area contributed by atoms with E-state index in [0.717, 1.165) is 0 Å². The zero-order valence-electron chi connectivity index (χ0n) is 7.25. The van der Waals surface area contributed by atoms with Crippen molar-refractivity contribution in [3.8, 4) is 0 Å². The number of nitrogens with zero attached hydrogens (tertiary/aromatic N) is 2. The second-order valence-corrected chi connectivity index (χ2v) is 2.80. The number of aromatic nitrogens is 2. The molecular formula is C9H15N2. The summed E-state index contributed by atoms with van der Waals surface area (Å²) < 4.78 is 2.14. The third-order valence-electron chi connectivity index (χ3n) is 1.99. The summed E-state index contributed by atoms with van der Waals surface area (Å²) in [7, 11) is 0. The number of hydrogen-bond donors (Lipinski definition) is 0. The molecule has 1 atom stereocenters. The lowest BCUT2D eigenvalue weighted by molar-refractivity contribution is 0.447. The van der Waals surface area contributed by atoms with Crippen LogP contribution >= 0.6 is 0 Å². The van der Waals surface area contributed by atoms with E-state index in [2.05, 4.69) is 29.6 Å². The Bertz CT molecular complexity index is 179. The molecule has 0 aliphatic heterocycles. The molecule has 1 unspecified atom stereocenters. The summed E-state index contributed by atoms with van der Waals surface area (Å²) in [5.41, 5.74) is 0. The van der Waals surface area contributed by atoms with Crippen LogP contribution in [0.25, 0.3) is 0 Å². The summed E-state index contributed by atoms with van der Waals surface area (Å²) in [5.74, 6) is 0. The summed E-state index contributed by atoms with van der Waals surface area (Å²) in [6.07, 6.45) is 10.2.